The largest absolute Gasteiger partial charge is 0.514 e. The number of allylic oxidation sites excluding steroid dienone is 3. The van der Waals surface area contributed by atoms with E-state index in [1.165, 1.54) is 50.2 Å². The van der Waals surface area contributed by atoms with Crippen LogP contribution >= 0.6 is 0 Å². The minimum absolute atomic E-state index is 0.0297. The fraction of sp³-hybridized carbons (Fsp3) is 0.500. The zero-order chi connectivity index (χ0) is 45.7. The molecule has 2 aliphatic heterocycles. The number of nitro benzene ring substituents is 2. The maximum absolute atomic E-state index is 13.4. The Balaban J connectivity index is 1.39. The summed E-state index contributed by atoms with van der Waals surface area (Å²) in [5.41, 5.74) is -1.31. The second-order valence-corrected chi connectivity index (χ2v) is 15.8. The summed E-state index contributed by atoms with van der Waals surface area (Å²) in [7, 11) is 0. The Bertz CT molecular complexity index is 1990. The molecule has 1 N–H and O–H groups in total. The van der Waals surface area contributed by atoms with Crippen LogP contribution in [0.25, 0.3) is 0 Å². The summed E-state index contributed by atoms with van der Waals surface area (Å²) < 4.78 is 38.9. The number of ether oxygens (including phenoxy) is 7. The molecule has 2 heterocycles. The van der Waals surface area contributed by atoms with E-state index in [1.54, 1.807) is 26.0 Å². The predicted octanol–water partition coefficient (Wildman–Crippen LogP) is 8.28. The van der Waals surface area contributed by atoms with Crippen molar-refractivity contribution < 1.29 is 67.3 Å². The Labute approximate surface area is 359 Å². The zero-order valence-corrected chi connectivity index (χ0v) is 35.7. The van der Waals surface area contributed by atoms with Gasteiger partial charge in [-0.15, -0.1) is 0 Å². The quantitative estimate of drug-likeness (QED) is 0.0259. The Hall–Kier alpha value is -6.14. The molecule has 0 radical (unpaired) electrons. The van der Waals surface area contributed by atoms with Crippen LogP contribution in [-0.2, 0) is 33.3 Å². The van der Waals surface area contributed by atoms with Gasteiger partial charge in [0, 0.05) is 43.0 Å². The number of benzene rings is 2. The number of hydrogen-bond donors (Lipinski definition) is 1. The number of rotatable bonds is 15. The third kappa shape index (κ3) is 14.8. The number of non-ortho nitro benzene ring substituents is 2. The zero-order valence-electron chi connectivity index (χ0n) is 35.7. The van der Waals surface area contributed by atoms with Crippen LogP contribution < -0.4 is 9.47 Å². The fourth-order valence-corrected chi connectivity index (χ4v) is 7.01. The molecule has 4 rings (SSSR count). The average Bonchev–Trinajstić information content (AvgIpc) is 3.97. The molecule has 10 atom stereocenters. The third-order valence-electron chi connectivity index (χ3n) is 10.6. The molecule has 0 spiro atoms. The van der Waals surface area contributed by atoms with Gasteiger partial charge in [-0.3, -0.25) is 29.8 Å². The van der Waals surface area contributed by atoms with E-state index in [9.17, 15) is 44.5 Å². The van der Waals surface area contributed by atoms with Crippen molar-refractivity contribution in [1.29, 1.82) is 0 Å². The average molecular weight is 867 g/mol. The highest BCUT2D eigenvalue weighted by atomic mass is 16.7. The van der Waals surface area contributed by atoms with E-state index < -0.39 is 76.5 Å². The second kappa shape index (κ2) is 22.1. The smallest absolute Gasteiger partial charge is 0.457 e. The van der Waals surface area contributed by atoms with Crippen molar-refractivity contribution in [3.63, 3.8) is 0 Å². The second-order valence-electron chi connectivity index (χ2n) is 15.8. The first-order valence-electron chi connectivity index (χ1n) is 20.3. The highest BCUT2D eigenvalue weighted by molar-refractivity contribution is 5.72. The van der Waals surface area contributed by atoms with Crippen molar-refractivity contribution in [2.75, 3.05) is 0 Å². The molecule has 2 aliphatic rings. The summed E-state index contributed by atoms with van der Waals surface area (Å²) in [6, 6.07) is 9.84. The van der Waals surface area contributed by atoms with Gasteiger partial charge in [0.25, 0.3) is 11.4 Å². The van der Waals surface area contributed by atoms with Crippen molar-refractivity contribution >= 4 is 35.6 Å². The number of aliphatic hydroxyl groups is 1. The molecule has 0 aliphatic carbocycles. The minimum Gasteiger partial charge on any atom is -0.457 e. The predicted molar refractivity (Wildman–Crippen MR) is 221 cm³/mol. The maximum Gasteiger partial charge on any atom is 0.514 e. The van der Waals surface area contributed by atoms with Crippen molar-refractivity contribution in [2.45, 2.75) is 123 Å². The van der Waals surface area contributed by atoms with E-state index >= 15 is 0 Å². The summed E-state index contributed by atoms with van der Waals surface area (Å²) in [6.45, 7) is 12.1. The van der Waals surface area contributed by atoms with Gasteiger partial charge in [-0.05, 0) is 81.4 Å². The molecule has 336 valence electrons. The maximum atomic E-state index is 13.4. The van der Waals surface area contributed by atoms with Crippen molar-refractivity contribution in [3.05, 3.63) is 105 Å². The lowest BCUT2D eigenvalue weighted by molar-refractivity contribution is -0.385. The summed E-state index contributed by atoms with van der Waals surface area (Å²) in [5.74, 6) is -1.79. The first-order valence-corrected chi connectivity index (χ1v) is 20.3. The standard InChI is InChI=1S/C44H54N2O16/c1-8-36(61-43(50)58-34-19-15-32(16-20-34)46(54)55)29(5)41-37(60-41)24-26(2)10-9-11-27(3)40-28(4)12-21-38(56-30(6)47)44(7,51)23-22-35(25-39(48)62-40)59-42(49)57-33-17-13-31(14-18-33)45(52)53/h9-21,26,28-29,35-38,40-41,51H,8,22-25H2,1-7H3. The van der Waals surface area contributed by atoms with E-state index in [0.29, 0.717) is 18.4 Å². The molecule has 10 unspecified atom stereocenters. The van der Waals surface area contributed by atoms with Crippen molar-refractivity contribution in [1.82, 2.24) is 0 Å². The Kier molecular flexibility index (Phi) is 17.3. The molecule has 1 saturated heterocycles. The first kappa shape index (κ1) is 48.5. The molecule has 0 aromatic heterocycles. The van der Waals surface area contributed by atoms with Crippen LogP contribution in [0.1, 0.15) is 80.6 Å². The van der Waals surface area contributed by atoms with Gasteiger partial charge in [-0.2, -0.15) is 0 Å². The van der Waals surface area contributed by atoms with E-state index in [1.807, 2.05) is 39.0 Å². The number of carbonyl (C=O) groups is 4. The molecule has 2 aromatic rings. The highest BCUT2D eigenvalue weighted by Gasteiger charge is 2.46. The van der Waals surface area contributed by atoms with Crippen LogP contribution in [0, 0.1) is 38.0 Å². The van der Waals surface area contributed by atoms with Gasteiger partial charge in [0.2, 0.25) is 0 Å². The molecule has 18 nitrogen and oxygen atoms in total. The van der Waals surface area contributed by atoms with E-state index in [-0.39, 0.29) is 59.8 Å². The lowest BCUT2D eigenvalue weighted by Crippen LogP contribution is -2.42. The van der Waals surface area contributed by atoms with Crippen molar-refractivity contribution in [3.8, 4) is 11.5 Å². The number of epoxide rings is 1. The first-order chi connectivity index (χ1) is 29.3. The summed E-state index contributed by atoms with van der Waals surface area (Å²) >= 11 is 0. The number of esters is 2. The van der Waals surface area contributed by atoms with Gasteiger partial charge < -0.3 is 38.3 Å². The number of carbonyl (C=O) groups excluding carboxylic acids is 4. The lowest BCUT2D eigenvalue weighted by Gasteiger charge is -2.33. The number of cyclic esters (lactones) is 1. The number of nitrogens with zero attached hydrogens (tertiary/aromatic N) is 2. The highest BCUT2D eigenvalue weighted by Crippen LogP contribution is 2.38. The van der Waals surface area contributed by atoms with Gasteiger partial charge in [-0.25, -0.2) is 9.59 Å². The van der Waals surface area contributed by atoms with E-state index in [2.05, 4.69) is 0 Å². The number of nitro groups is 2. The third-order valence-corrected chi connectivity index (χ3v) is 10.6. The SMILES string of the molecule is CCC(OC(=O)Oc1ccc([N+](=O)[O-])cc1)C(C)C1OC1CC(C)C=CC=C(C)C1OC(=O)CC(OC(=O)Oc2ccc([N+](=O)[O-])cc2)CCC(C)(O)C(OC(C)=O)C=CC1C. The van der Waals surface area contributed by atoms with Gasteiger partial charge in [-0.1, -0.05) is 52.0 Å². The van der Waals surface area contributed by atoms with Gasteiger partial charge in [0.1, 0.15) is 41.5 Å². The molecule has 0 saturated carbocycles. The molecular formula is C44H54N2O16. The summed E-state index contributed by atoms with van der Waals surface area (Å²) in [4.78, 5) is 71.5. The van der Waals surface area contributed by atoms with Gasteiger partial charge >= 0.3 is 24.2 Å². The van der Waals surface area contributed by atoms with Crippen LogP contribution in [-0.4, -0.2) is 81.4 Å². The monoisotopic (exact) mass is 866 g/mol. The molecule has 0 amide bonds. The van der Waals surface area contributed by atoms with Gasteiger partial charge in [0.05, 0.1) is 28.5 Å². The van der Waals surface area contributed by atoms with Crippen LogP contribution in [0.5, 0.6) is 11.5 Å². The Morgan fingerprint density at radius 2 is 1.52 bits per heavy atom. The molecule has 0 bridgehead atoms. The van der Waals surface area contributed by atoms with Crippen LogP contribution in [0.15, 0.2) is 84.5 Å². The van der Waals surface area contributed by atoms with E-state index in [0.717, 1.165) is 12.1 Å². The van der Waals surface area contributed by atoms with Crippen molar-refractivity contribution in [2.24, 2.45) is 17.8 Å². The Morgan fingerprint density at radius 1 is 0.935 bits per heavy atom. The lowest BCUT2D eigenvalue weighted by atomic mass is 9.88. The fourth-order valence-electron chi connectivity index (χ4n) is 7.01. The topological polar surface area (TPSA) is 243 Å². The van der Waals surface area contributed by atoms with E-state index in [4.69, 9.17) is 33.2 Å². The van der Waals surface area contributed by atoms with Crippen LogP contribution in [0.3, 0.4) is 0 Å². The molecule has 2 aromatic carbocycles. The molecule has 18 heteroatoms. The van der Waals surface area contributed by atoms with Gasteiger partial charge in [0.15, 0.2) is 0 Å². The van der Waals surface area contributed by atoms with Crippen LogP contribution in [0.2, 0.25) is 0 Å². The summed E-state index contributed by atoms with van der Waals surface area (Å²) in [5, 5.41) is 33.3. The molecule has 62 heavy (non-hydrogen) atoms. The van der Waals surface area contributed by atoms with Crippen LogP contribution in [0.4, 0.5) is 21.0 Å². The minimum atomic E-state index is -1.64. The molecule has 1 fully saturated rings. The normalized spacial score (nSPS) is 25.7. The Morgan fingerprint density at radius 3 is 2.06 bits per heavy atom. The summed E-state index contributed by atoms with van der Waals surface area (Å²) in [6.07, 6.45) is 3.68. The molecular weight excluding hydrogens is 812 g/mol. The number of hydrogen-bond acceptors (Lipinski definition) is 16.